The van der Waals surface area contributed by atoms with Gasteiger partial charge in [0.2, 0.25) is 5.43 Å². The molecule has 0 spiro atoms. The summed E-state index contributed by atoms with van der Waals surface area (Å²) in [5.74, 6) is -1.22. The summed E-state index contributed by atoms with van der Waals surface area (Å²) in [5, 5.41) is 27.7. The summed E-state index contributed by atoms with van der Waals surface area (Å²) in [4.78, 5) is 38.7. The topological polar surface area (TPSA) is 125 Å². The first kappa shape index (κ1) is 25.7. The number of nitro groups is 1. The van der Waals surface area contributed by atoms with Gasteiger partial charge in [-0.2, -0.15) is 5.10 Å². The van der Waals surface area contributed by atoms with E-state index < -0.39 is 22.1 Å². The number of carboxylic acid groups (broad SMARTS) is 1. The fourth-order valence-corrected chi connectivity index (χ4v) is 5.56. The van der Waals surface area contributed by atoms with Crippen molar-refractivity contribution >= 4 is 45.1 Å². The number of nitrogens with zero attached hydrogens (tertiary/aromatic N) is 6. The number of halogens is 1. The summed E-state index contributed by atoms with van der Waals surface area (Å²) in [6.45, 7) is 5.39. The SMILES string of the molecule is CCn1cc(C(=O)O)c(=O)c2cc(F)c(N3CCN(CN4CSC(c5ccc([N+](=O)[O-])cc5)=N4)CC3)cc21. The third kappa shape index (κ3) is 4.94. The van der Waals surface area contributed by atoms with Crippen LogP contribution in [0.2, 0.25) is 0 Å². The molecule has 0 unspecified atom stereocenters. The molecule has 0 saturated carbocycles. The summed E-state index contributed by atoms with van der Waals surface area (Å²) in [6.07, 6.45) is 1.31. The molecule has 0 bridgehead atoms. The minimum absolute atomic E-state index is 0.0397. The van der Waals surface area contributed by atoms with Gasteiger partial charge < -0.3 is 14.6 Å². The fourth-order valence-electron chi connectivity index (χ4n) is 4.68. The Morgan fingerprint density at radius 3 is 2.53 bits per heavy atom. The van der Waals surface area contributed by atoms with Gasteiger partial charge in [-0.25, -0.2) is 9.18 Å². The van der Waals surface area contributed by atoms with Crippen LogP contribution in [0.3, 0.4) is 0 Å². The van der Waals surface area contributed by atoms with Gasteiger partial charge in [0.05, 0.1) is 28.7 Å². The molecule has 1 saturated heterocycles. The van der Waals surface area contributed by atoms with Crippen molar-refractivity contribution in [2.45, 2.75) is 13.5 Å². The van der Waals surface area contributed by atoms with Gasteiger partial charge in [0, 0.05) is 62.0 Å². The number of carbonyl (C=O) groups is 1. The van der Waals surface area contributed by atoms with Crippen molar-refractivity contribution in [2.75, 3.05) is 43.6 Å². The monoisotopic (exact) mass is 540 g/mol. The number of nitro benzene ring substituents is 1. The zero-order valence-electron chi connectivity index (χ0n) is 20.5. The van der Waals surface area contributed by atoms with Gasteiger partial charge in [0.1, 0.15) is 16.4 Å². The number of benzene rings is 2. The van der Waals surface area contributed by atoms with E-state index in [1.54, 1.807) is 34.5 Å². The highest BCUT2D eigenvalue weighted by atomic mass is 32.2. The van der Waals surface area contributed by atoms with Crippen LogP contribution in [0.1, 0.15) is 22.8 Å². The maximum Gasteiger partial charge on any atom is 0.341 e. The Balaban J connectivity index is 1.26. The standard InChI is InChI=1S/C25H25FN6O5S/c1-2-29-13-19(25(34)35)23(33)18-11-20(26)22(12-21(18)29)30-9-7-28(8-10-30)14-31-15-38-24(27-31)16-3-5-17(6-4-16)32(36)37/h3-6,11-13H,2,7-10,14-15H2,1H3,(H,34,35). The minimum atomic E-state index is -1.33. The lowest BCUT2D eigenvalue weighted by Gasteiger charge is -2.37. The molecule has 1 fully saturated rings. The number of thioether (sulfide) groups is 1. The minimum Gasteiger partial charge on any atom is -0.477 e. The van der Waals surface area contributed by atoms with Gasteiger partial charge in [-0.15, -0.1) is 0 Å². The quantitative estimate of drug-likeness (QED) is 0.355. The molecule has 0 radical (unpaired) electrons. The van der Waals surface area contributed by atoms with Gasteiger partial charge in [0.25, 0.3) is 5.69 Å². The normalized spacial score (nSPS) is 16.2. The van der Waals surface area contributed by atoms with Crippen molar-refractivity contribution in [1.82, 2.24) is 14.5 Å². The number of aryl methyl sites for hydroxylation is 1. The lowest BCUT2D eigenvalue weighted by molar-refractivity contribution is -0.384. The highest BCUT2D eigenvalue weighted by molar-refractivity contribution is 8.14. The maximum atomic E-state index is 15.1. The molecule has 13 heteroatoms. The molecule has 198 valence electrons. The van der Waals surface area contributed by atoms with Gasteiger partial charge in [-0.1, -0.05) is 11.8 Å². The Kier molecular flexibility index (Phi) is 7.04. The molecular weight excluding hydrogens is 515 g/mol. The second-order valence-corrected chi connectivity index (χ2v) is 9.95. The van der Waals surface area contributed by atoms with E-state index in [1.165, 1.54) is 18.3 Å². The van der Waals surface area contributed by atoms with Crippen molar-refractivity contribution in [1.29, 1.82) is 0 Å². The van der Waals surface area contributed by atoms with Gasteiger partial charge in [-0.05, 0) is 31.2 Å². The molecule has 1 aromatic heterocycles. The predicted octanol–water partition coefficient (Wildman–Crippen LogP) is 3.21. The number of non-ortho nitro benzene ring substituents is 1. The van der Waals surface area contributed by atoms with Crippen LogP contribution in [-0.4, -0.2) is 74.2 Å². The largest absolute Gasteiger partial charge is 0.477 e. The van der Waals surface area contributed by atoms with Crippen LogP contribution in [0.4, 0.5) is 15.8 Å². The van der Waals surface area contributed by atoms with Crippen LogP contribution in [-0.2, 0) is 6.54 Å². The van der Waals surface area contributed by atoms with Crippen LogP contribution in [0, 0.1) is 15.9 Å². The zero-order chi connectivity index (χ0) is 27.0. The second-order valence-electron chi connectivity index (χ2n) is 9.02. The van der Waals surface area contributed by atoms with E-state index in [9.17, 15) is 24.8 Å². The van der Waals surface area contributed by atoms with Gasteiger partial charge in [0.15, 0.2) is 0 Å². The molecule has 5 rings (SSSR count). The molecule has 2 aliphatic heterocycles. The van der Waals surface area contributed by atoms with Crippen LogP contribution < -0.4 is 10.3 Å². The molecule has 2 aromatic carbocycles. The maximum absolute atomic E-state index is 15.1. The Morgan fingerprint density at radius 2 is 1.89 bits per heavy atom. The van der Waals surface area contributed by atoms with E-state index in [1.807, 2.05) is 16.8 Å². The first-order valence-electron chi connectivity index (χ1n) is 12.0. The molecule has 1 N–H and O–H groups in total. The van der Waals surface area contributed by atoms with Crippen LogP contribution in [0.15, 0.2) is 52.5 Å². The molecule has 38 heavy (non-hydrogen) atoms. The first-order valence-corrected chi connectivity index (χ1v) is 13.0. The molecule has 11 nitrogen and oxygen atoms in total. The molecule has 3 aromatic rings. The molecular formula is C25H25FN6O5S. The average molecular weight is 541 g/mol. The summed E-state index contributed by atoms with van der Waals surface area (Å²) in [7, 11) is 0. The third-order valence-electron chi connectivity index (χ3n) is 6.70. The van der Waals surface area contributed by atoms with Crippen molar-refractivity contribution < 1.29 is 19.2 Å². The van der Waals surface area contributed by atoms with Crippen molar-refractivity contribution in [3.8, 4) is 0 Å². The number of anilines is 1. The fraction of sp³-hybridized carbons (Fsp3) is 0.320. The summed E-state index contributed by atoms with van der Waals surface area (Å²) in [6, 6.07) is 9.12. The number of hydrogen-bond donors (Lipinski definition) is 1. The smallest absolute Gasteiger partial charge is 0.341 e. The number of rotatable bonds is 7. The average Bonchev–Trinajstić information content (AvgIpc) is 3.38. The summed E-state index contributed by atoms with van der Waals surface area (Å²) >= 11 is 1.57. The summed E-state index contributed by atoms with van der Waals surface area (Å²) in [5.41, 5.74) is 0.698. The van der Waals surface area contributed by atoms with Gasteiger partial charge in [-0.3, -0.25) is 24.8 Å². The summed E-state index contributed by atoms with van der Waals surface area (Å²) < 4.78 is 16.8. The van der Waals surface area contributed by atoms with Crippen molar-refractivity contribution in [3.63, 3.8) is 0 Å². The van der Waals surface area contributed by atoms with E-state index >= 15 is 4.39 Å². The number of pyridine rings is 1. The number of fused-ring (bicyclic) bond motifs is 1. The van der Waals surface area contributed by atoms with E-state index in [0.29, 0.717) is 56.5 Å². The number of hydrogen-bond acceptors (Lipinski definition) is 9. The predicted molar refractivity (Wildman–Crippen MR) is 143 cm³/mol. The molecule has 0 amide bonds. The molecule has 0 aliphatic carbocycles. The third-order valence-corrected chi connectivity index (χ3v) is 7.72. The molecule has 3 heterocycles. The number of aromatic nitrogens is 1. The lowest BCUT2D eigenvalue weighted by atomic mass is 10.1. The van der Waals surface area contributed by atoms with Gasteiger partial charge >= 0.3 is 5.97 Å². The highest BCUT2D eigenvalue weighted by Crippen LogP contribution is 2.28. The Hall–Kier alpha value is -3.97. The number of carboxylic acids is 1. The zero-order valence-corrected chi connectivity index (χ0v) is 21.4. The Labute approximate surface area is 220 Å². The molecule has 0 atom stereocenters. The van der Waals surface area contributed by atoms with Crippen molar-refractivity contribution in [2.24, 2.45) is 5.10 Å². The number of piperazine rings is 1. The Bertz CT molecular complexity index is 1500. The van der Waals surface area contributed by atoms with E-state index in [-0.39, 0.29) is 16.6 Å². The van der Waals surface area contributed by atoms with Crippen LogP contribution >= 0.6 is 11.8 Å². The highest BCUT2D eigenvalue weighted by Gasteiger charge is 2.25. The van der Waals surface area contributed by atoms with E-state index in [0.717, 1.165) is 16.7 Å². The lowest BCUT2D eigenvalue weighted by Crippen LogP contribution is -2.49. The Morgan fingerprint density at radius 1 is 1.18 bits per heavy atom. The molecule has 2 aliphatic rings. The number of hydrazone groups is 1. The van der Waals surface area contributed by atoms with Crippen molar-refractivity contribution in [3.05, 3.63) is 79.9 Å². The van der Waals surface area contributed by atoms with E-state index in [2.05, 4.69) is 10.0 Å². The number of aromatic carboxylic acids is 1. The first-order chi connectivity index (χ1) is 18.2. The second kappa shape index (κ2) is 10.4. The van der Waals surface area contributed by atoms with Crippen LogP contribution in [0.5, 0.6) is 0 Å². The van der Waals surface area contributed by atoms with E-state index in [4.69, 9.17) is 0 Å². The van der Waals surface area contributed by atoms with Crippen LogP contribution in [0.25, 0.3) is 10.9 Å².